The van der Waals surface area contributed by atoms with Crippen LogP contribution in [-0.2, 0) is 23.1 Å². The molecule has 26 heavy (non-hydrogen) atoms. The number of nitrogens with one attached hydrogen (secondary N) is 1. The van der Waals surface area contributed by atoms with Gasteiger partial charge in [0, 0.05) is 18.8 Å². The summed E-state index contributed by atoms with van der Waals surface area (Å²) in [7, 11) is -3.59. The number of hydrogen-bond donors (Lipinski definition) is 1. The number of anilines is 2. The molecule has 4 rings (SSSR count). The Kier molecular flexibility index (Phi) is 4.17. The van der Waals surface area contributed by atoms with Crippen molar-refractivity contribution >= 4 is 21.4 Å². The van der Waals surface area contributed by atoms with Crippen LogP contribution < -0.4 is 9.62 Å². The predicted molar refractivity (Wildman–Crippen MR) is 105 cm³/mol. The van der Waals surface area contributed by atoms with Gasteiger partial charge in [-0.15, -0.1) is 0 Å². The van der Waals surface area contributed by atoms with Gasteiger partial charge >= 0.3 is 0 Å². The minimum Gasteiger partial charge on any atom is -0.363 e. The number of fused-ring (bicyclic) bond motifs is 1. The van der Waals surface area contributed by atoms with Gasteiger partial charge in [0.2, 0.25) is 0 Å². The molecule has 0 bridgehead atoms. The van der Waals surface area contributed by atoms with Crippen LogP contribution in [0.3, 0.4) is 0 Å². The largest absolute Gasteiger partial charge is 0.363 e. The predicted octanol–water partition coefficient (Wildman–Crippen LogP) is 4.32. The van der Waals surface area contributed by atoms with Gasteiger partial charge in [0.1, 0.15) is 0 Å². The molecule has 3 aromatic rings. The first-order valence-electron chi connectivity index (χ1n) is 8.52. The fraction of sp³-hybridized carbons (Fsp3) is 0.143. The third-order valence-corrected chi connectivity index (χ3v) is 6.03. The molecule has 0 amide bonds. The molecule has 0 atom stereocenters. The first-order valence-corrected chi connectivity index (χ1v) is 10.0. The lowest BCUT2D eigenvalue weighted by Gasteiger charge is -2.19. The summed E-state index contributed by atoms with van der Waals surface area (Å²) >= 11 is 0. The molecule has 1 N–H and O–H groups in total. The van der Waals surface area contributed by atoms with Gasteiger partial charge in [0.15, 0.2) is 0 Å². The van der Waals surface area contributed by atoms with Crippen molar-refractivity contribution in [2.24, 2.45) is 0 Å². The number of rotatable bonds is 4. The molecule has 0 saturated carbocycles. The van der Waals surface area contributed by atoms with Crippen LogP contribution in [0.2, 0.25) is 0 Å². The monoisotopic (exact) mass is 364 g/mol. The molecule has 0 saturated heterocycles. The summed E-state index contributed by atoms with van der Waals surface area (Å²) in [4.78, 5) is 2.51. The zero-order valence-electron chi connectivity index (χ0n) is 14.5. The van der Waals surface area contributed by atoms with Crippen LogP contribution in [0.15, 0.2) is 77.7 Å². The highest BCUT2D eigenvalue weighted by Gasteiger charge is 2.19. The molecular formula is C21H20N2O2S. The molecule has 5 heteroatoms. The fourth-order valence-electron chi connectivity index (χ4n) is 3.21. The van der Waals surface area contributed by atoms with Gasteiger partial charge in [-0.25, -0.2) is 8.42 Å². The Balaban J connectivity index is 1.56. The summed E-state index contributed by atoms with van der Waals surface area (Å²) in [6.07, 6.45) is 0. The average Bonchev–Trinajstić information content (AvgIpc) is 3.06. The van der Waals surface area contributed by atoms with E-state index in [0.717, 1.165) is 24.3 Å². The molecule has 4 nitrogen and oxygen atoms in total. The molecular weight excluding hydrogens is 344 g/mol. The lowest BCUT2D eigenvalue weighted by molar-refractivity contribution is 0.601. The van der Waals surface area contributed by atoms with Gasteiger partial charge in [-0.05, 0) is 48.4 Å². The molecule has 3 aromatic carbocycles. The standard InChI is InChI=1S/C21H20N2O2S/c1-16-9-11-21(12-10-16)26(24,25)22-19-7-4-8-20(13-19)23-14-17-5-2-3-6-18(17)15-23/h2-13,22H,14-15H2,1H3. The van der Waals surface area contributed by atoms with Crippen LogP contribution in [0.5, 0.6) is 0 Å². The Morgan fingerprint density at radius 2 is 1.50 bits per heavy atom. The van der Waals surface area contributed by atoms with Gasteiger partial charge in [0.25, 0.3) is 10.0 Å². The van der Waals surface area contributed by atoms with E-state index in [1.165, 1.54) is 11.1 Å². The summed E-state index contributed by atoms with van der Waals surface area (Å²) in [6.45, 7) is 3.61. The van der Waals surface area contributed by atoms with Gasteiger partial charge in [0.05, 0.1) is 10.6 Å². The quantitative estimate of drug-likeness (QED) is 0.750. The van der Waals surface area contributed by atoms with Gasteiger partial charge in [-0.1, -0.05) is 48.0 Å². The second-order valence-electron chi connectivity index (χ2n) is 6.59. The second kappa shape index (κ2) is 6.50. The van der Waals surface area contributed by atoms with Crippen molar-refractivity contribution in [2.75, 3.05) is 9.62 Å². The van der Waals surface area contributed by atoms with Crippen LogP contribution in [0, 0.1) is 6.92 Å². The maximum Gasteiger partial charge on any atom is 0.261 e. The second-order valence-corrected chi connectivity index (χ2v) is 8.28. The SMILES string of the molecule is Cc1ccc(S(=O)(=O)Nc2cccc(N3Cc4ccccc4C3)c2)cc1. The molecule has 0 fully saturated rings. The van der Waals surface area contributed by atoms with Crippen molar-refractivity contribution < 1.29 is 8.42 Å². The van der Waals surface area contributed by atoms with Gasteiger partial charge < -0.3 is 4.90 Å². The van der Waals surface area contributed by atoms with Crippen molar-refractivity contribution in [3.05, 3.63) is 89.5 Å². The highest BCUT2D eigenvalue weighted by atomic mass is 32.2. The third-order valence-electron chi connectivity index (χ3n) is 4.64. The van der Waals surface area contributed by atoms with Crippen molar-refractivity contribution in [3.63, 3.8) is 0 Å². The van der Waals surface area contributed by atoms with Crippen LogP contribution in [-0.4, -0.2) is 8.42 Å². The van der Waals surface area contributed by atoms with E-state index in [9.17, 15) is 8.42 Å². The maximum atomic E-state index is 12.6. The summed E-state index contributed by atoms with van der Waals surface area (Å²) in [5, 5.41) is 0. The van der Waals surface area contributed by atoms with Crippen molar-refractivity contribution in [2.45, 2.75) is 24.9 Å². The molecule has 0 unspecified atom stereocenters. The van der Waals surface area contributed by atoms with E-state index in [0.29, 0.717) is 5.69 Å². The highest BCUT2D eigenvalue weighted by molar-refractivity contribution is 7.92. The Morgan fingerprint density at radius 1 is 0.846 bits per heavy atom. The third kappa shape index (κ3) is 3.30. The van der Waals surface area contributed by atoms with Crippen LogP contribution in [0.25, 0.3) is 0 Å². The molecule has 1 heterocycles. The molecule has 1 aliphatic heterocycles. The van der Waals surface area contributed by atoms with Crippen molar-refractivity contribution in [1.29, 1.82) is 0 Å². The summed E-state index contributed by atoms with van der Waals surface area (Å²) in [5.74, 6) is 0. The molecule has 0 aliphatic carbocycles. The van der Waals surface area contributed by atoms with Gasteiger partial charge in [-0.3, -0.25) is 4.72 Å². The molecule has 1 aliphatic rings. The zero-order chi connectivity index (χ0) is 18.1. The zero-order valence-corrected chi connectivity index (χ0v) is 15.3. The number of benzene rings is 3. The molecule has 0 radical (unpaired) electrons. The van der Waals surface area contributed by atoms with Crippen molar-refractivity contribution in [1.82, 2.24) is 0 Å². The van der Waals surface area contributed by atoms with E-state index >= 15 is 0 Å². The van der Waals surface area contributed by atoms with E-state index < -0.39 is 10.0 Å². The normalized spacial score (nSPS) is 13.5. The number of hydrogen-bond acceptors (Lipinski definition) is 3. The average molecular weight is 364 g/mol. The van der Waals surface area contributed by atoms with E-state index in [4.69, 9.17) is 0 Å². The topological polar surface area (TPSA) is 49.4 Å². The van der Waals surface area contributed by atoms with Crippen LogP contribution >= 0.6 is 0 Å². The van der Waals surface area contributed by atoms with E-state index in [-0.39, 0.29) is 4.90 Å². The Labute approximate surface area is 154 Å². The van der Waals surface area contributed by atoms with E-state index in [2.05, 4.69) is 33.9 Å². The minimum atomic E-state index is -3.59. The fourth-order valence-corrected chi connectivity index (χ4v) is 4.26. The molecule has 0 spiro atoms. The minimum absolute atomic E-state index is 0.266. The number of nitrogens with zero attached hydrogens (tertiary/aromatic N) is 1. The van der Waals surface area contributed by atoms with Crippen LogP contribution in [0.1, 0.15) is 16.7 Å². The van der Waals surface area contributed by atoms with Crippen LogP contribution in [0.4, 0.5) is 11.4 Å². The first-order chi connectivity index (χ1) is 12.5. The molecule has 132 valence electrons. The summed E-state index contributed by atoms with van der Waals surface area (Å²) in [6, 6.07) is 22.8. The first kappa shape index (κ1) is 16.7. The highest BCUT2D eigenvalue weighted by Crippen LogP contribution is 2.30. The smallest absolute Gasteiger partial charge is 0.261 e. The van der Waals surface area contributed by atoms with E-state index in [1.807, 2.05) is 25.1 Å². The number of aryl methyl sites for hydroxylation is 1. The Morgan fingerprint density at radius 3 is 2.15 bits per heavy atom. The number of sulfonamides is 1. The molecule has 0 aromatic heterocycles. The lowest BCUT2D eigenvalue weighted by Crippen LogP contribution is -2.16. The van der Waals surface area contributed by atoms with Crippen molar-refractivity contribution in [3.8, 4) is 0 Å². The summed E-state index contributed by atoms with van der Waals surface area (Å²) in [5.41, 5.74) is 5.24. The van der Waals surface area contributed by atoms with E-state index in [1.54, 1.807) is 30.3 Å². The lowest BCUT2D eigenvalue weighted by atomic mass is 10.1. The van der Waals surface area contributed by atoms with Gasteiger partial charge in [-0.2, -0.15) is 0 Å². The maximum absolute atomic E-state index is 12.6. The Bertz CT molecular complexity index is 1020. The summed E-state index contributed by atoms with van der Waals surface area (Å²) < 4.78 is 27.9. The Hall–Kier alpha value is -2.79.